The maximum Gasteiger partial charge on any atom is 0.417 e. The molecule has 0 fully saturated rings. The predicted octanol–water partition coefficient (Wildman–Crippen LogP) is 1.97. The highest BCUT2D eigenvalue weighted by Crippen LogP contribution is 2.34. The summed E-state index contributed by atoms with van der Waals surface area (Å²) in [7, 11) is 0. The first kappa shape index (κ1) is 12.0. The number of halogens is 3. The third-order valence-electron chi connectivity index (χ3n) is 1.80. The number of hydrogen-bond donors (Lipinski definition) is 2. The first-order valence-corrected chi connectivity index (χ1v) is 4.01. The smallest absolute Gasteiger partial charge is 0.417 e. The average molecular weight is 233 g/mol. The average Bonchev–Trinajstić information content (AvgIpc) is 2.16. The molecule has 7 heteroatoms. The van der Waals surface area contributed by atoms with Gasteiger partial charge in [0.1, 0.15) is 0 Å². The van der Waals surface area contributed by atoms with Gasteiger partial charge in [0.25, 0.3) is 0 Å². The highest BCUT2D eigenvalue weighted by molar-refractivity contribution is 5.98. The van der Waals surface area contributed by atoms with Gasteiger partial charge < -0.3 is 10.4 Å². The zero-order chi connectivity index (χ0) is 12.3. The normalized spacial score (nSPS) is 10.9. The fourth-order valence-corrected chi connectivity index (χ4v) is 1.20. The summed E-state index contributed by atoms with van der Waals surface area (Å²) in [6, 6.07) is 2.73. The number of anilines is 1. The van der Waals surface area contributed by atoms with Gasteiger partial charge in [0.2, 0.25) is 6.41 Å². The summed E-state index contributed by atoms with van der Waals surface area (Å²) in [5.41, 5.74) is -2.66. The van der Waals surface area contributed by atoms with Crippen LogP contribution in [0.5, 0.6) is 0 Å². The van der Waals surface area contributed by atoms with Crippen LogP contribution in [0.25, 0.3) is 0 Å². The second kappa shape index (κ2) is 4.21. The van der Waals surface area contributed by atoms with Crippen LogP contribution in [0.15, 0.2) is 18.2 Å². The number of carboxylic acid groups (broad SMARTS) is 1. The number of amides is 1. The molecule has 0 radical (unpaired) electrons. The van der Waals surface area contributed by atoms with Crippen LogP contribution in [0, 0.1) is 0 Å². The molecule has 86 valence electrons. The Morgan fingerprint density at radius 3 is 2.44 bits per heavy atom. The Morgan fingerprint density at radius 2 is 2.00 bits per heavy atom. The molecule has 0 aliphatic heterocycles. The number of hydrogen-bond acceptors (Lipinski definition) is 2. The molecule has 4 nitrogen and oxygen atoms in total. The number of alkyl halides is 3. The Kier molecular flexibility index (Phi) is 3.17. The topological polar surface area (TPSA) is 66.4 Å². The van der Waals surface area contributed by atoms with E-state index in [9.17, 15) is 22.8 Å². The Hall–Kier alpha value is -2.05. The lowest BCUT2D eigenvalue weighted by Gasteiger charge is -2.12. The first-order valence-electron chi connectivity index (χ1n) is 4.01. The number of carbonyl (C=O) groups is 2. The van der Waals surface area contributed by atoms with Crippen molar-refractivity contribution < 1.29 is 27.9 Å². The van der Waals surface area contributed by atoms with Gasteiger partial charge in [0.15, 0.2) is 0 Å². The summed E-state index contributed by atoms with van der Waals surface area (Å²) in [5.74, 6) is -1.75. The molecule has 0 spiro atoms. The van der Waals surface area contributed by atoms with E-state index in [-0.39, 0.29) is 6.41 Å². The summed E-state index contributed by atoms with van der Waals surface area (Å²) in [4.78, 5) is 20.8. The molecule has 0 aliphatic rings. The number of carboxylic acids is 1. The summed E-state index contributed by atoms with van der Waals surface area (Å²) in [6.45, 7) is 0. The summed E-state index contributed by atoms with van der Waals surface area (Å²) < 4.78 is 37.3. The molecule has 0 aliphatic carbocycles. The molecule has 0 aromatic heterocycles. The Balaban J connectivity index is 3.44. The third kappa shape index (κ3) is 2.30. The molecule has 0 saturated heterocycles. The Labute approximate surface area is 87.7 Å². The molecule has 2 N–H and O–H groups in total. The van der Waals surface area contributed by atoms with Crippen molar-refractivity contribution in [2.75, 3.05) is 5.32 Å². The predicted molar refractivity (Wildman–Crippen MR) is 48.1 cm³/mol. The van der Waals surface area contributed by atoms with Crippen LogP contribution in [0.1, 0.15) is 15.9 Å². The van der Waals surface area contributed by atoms with Gasteiger partial charge in [0.05, 0.1) is 16.8 Å². The zero-order valence-electron chi connectivity index (χ0n) is 7.71. The van der Waals surface area contributed by atoms with Crippen molar-refractivity contribution in [2.24, 2.45) is 0 Å². The standard InChI is InChI=1S/C9H6F3NO3/c10-9(11,12)5-2-1-3-6(13-4-14)7(5)8(15)16/h1-4H,(H,13,14)(H,15,16). The first-order chi connectivity index (χ1) is 7.38. The molecule has 1 rings (SSSR count). The summed E-state index contributed by atoms with van der Waals surface area (Å²) in [5, 5.41) is 10.6. The highest BCUT2D eigenvalue weighted by Gasteiger charge is 2.36. The number of nitrogens with one attached hydrogen (secondary N) is 1. The van der Waals surface area contributed by atoms with Gasteiger partial charge in [-0.15, -0.1) is 0 Å². The van der Waals surface area contributed by atoms with E-state index in [1.165, 1.54) is 0 Å². The summed E-state index contributed by atoms with van der Waals surface area (Å²) in [6.07, 6.45) is -4.67. The minimum atomic E-state index is -4.78. The van der Waals surface area contributed by atoms with Crippen molar-refractivity contribution in [2.45, 2.75) is 6.18 Å². The number of aromatic carboxylic acids is 1. The van der Waals surface area contributed by atoms with Crippen LogP contribution >= 0.6 is 0 Å². The Morgan fingerprint density at radius 1 is 1.38 bits per heavy atom. The lowest BCUT2D eigenvalue weighted by Crippen LogP contribution is -2.15. The molecular weight excluding hydrogens is 227 g/mol. The molecule has 16 heavy (non-hydrogen) atoms. The second-order valence-electron chi connectivity index (χ2n) is 2.79. The van der Waals surface area contributed by atoms with E-state index in [0.29, 0.717) is 6.07 Å². The van der Waals surface area contributed by atoms with E-state index in [1.54, 1.807) is 0 Å². The minimum Gasteiger partial charge on any atom is -0.478 e. The van der Waals surface area contributed by atoms with Gasteiger partial charge in [0, 0.05) is 0 Å². The van der Waals surface area contributed by atoms with Crippen LogP contribution in [-0.2, 0) is 11.0 Å². The van der Waals surface area contributed by atoms with Crippen molar-refractivity contribution >= 4 is 18.1 Å². The van der Waals surface area contributed by atoms with Gasteiger partial charge >= 0.3 is 12.1 Å². The second-order valence-corrected chi connectivity index (χ2v) is 2.79. The third-order valence-corrected chi connectivity index (χ3v) is 1.80. The zero-order valence-corrected chi connectivity index (χ0v) is 7.71. The molecule has 0 bridgehead atoms. The lowest BCUT2D eigenvalue weighted by atomic mass is 10.0. The minimum absolute atomic E-state index is 0.113. The van der Waals surface area contributed by atoms with E-state index in [2.05, 4.69) is 0 Å². The van der Waals surface area contributed by atoms with Crippen LogP contribution in [0.4, 0.5) is 18.9 Å². The van der Waals surface area contributed by atoms with Gasteiger partial charge in [-0.25, -0.2) is 4.79 Å². The van der Waals surface area contributed by atoms with Crippen molar-refractivity contribution in [1.29, 1.82) is 0 Å². The monoisotopic (exact) mass is 233 g/mol. The quantitative estimate of drug-likeness (QED) is 0.784. The molecule has 0 saturated carbocycles. The fraction of sp³-hybridized carbons (Fsp3) is 0.111. The molecule has 0 unspecified atom stereocenters. The van der Waals surface area contributed by atoms with Gasteiger partial charge in [-0.05, 0) is 12.1 Å². The SMILES string of the molecule is O=CNc1cccc(C(F)(F)F)c1C(=O)O. The fourth-order valence-electron chi connectivity index (χ4n) is 1.20. The Bertz CT molecular complexity index is 428. The summed E-state index contributed by atoms with van der Waals surface area (Å²) >= 11 is 0. The maximum absolute atomic E-state index is 12.4. The van der Waals surface area contributed by atoms with Crippen LogP contribution in [-0.4, -0.2) is 17.5 Å². The van der Waals surface area contributed by atoms with Crippen molar-refractivity contribution in [1.82, 2.24) is 0 Å². The van der Waals surface area contributed by atoms with Gasteiger partial charge in [-0.2, -0.15) is 13.2 Å². The lowest BCUT2D eigenvalue weighted by molar-refractivity contribution is -0.138. The van der Waals surface area contributed by atoms with E-state index in [0.717, 1.165) is 12.1 Å². The van der Waals surface area contributed by atoms with Crippen LogP contribution in [0.3, 0.4) is 0 Å². The largest absolute Gasteiger partial charge is 0.478 e. The molecular formula is C9H6F3NO3. The van der Waals surface area contributed by atoms with Crippen molar-refractivity contribution in [3.63, 3.8) is 0 Å². The molecule has 0 heterocycles. The van der Waals surface area contributed by atoms with Crippen molar-refractivity contribution in [3.05, 3.63) is 29.3 Å². The van der Waals surface area contributed by atoms with Crippen LogP contribution < -0.4 is 5.32 Å². The maximum atomic E-state index is 12.4. The van der Waals surface area contributed by atoms with Crippen LogP contribution in [0.2, 0.25) is 0 Å². The number of benzene rings is 1. The van der Waals surface area contributed by atoms with Gasteiger partial charge in [-0.3, -0.25) is 4.79 Å². The van der Waals surface area contributed by atoms with E-state index in [4.69, 9.17) is 5.11 Å². The van der Waals surface area contributed by atoms with E-state index in [1.807, 2.05) is 5.32 Å². The molecule has 1 amide bonds. The highest BCUT2D eigenvalue weighted by atomic mass is 19.4. The van der Waals surface area contributed by atoms with Crippen molar-refractivity contribution in [3.8, 4) is 0 Å². The molecule has 1 aromatic carbocycles. The van der Waals surface area contributed by atoms with E-state index >= 15 is 0 Å². The molecule has 1 aromatic rings. The van der Waals surface area contributed by atoms with Gasteiger partial charge in [-0.1, -0.05) is 6.07 Å². The number of carbonyl (C=O) groups excluding carboxylic acids is 1. The number of rotatable bonds is 3. The molecule has 0 atom stereocenters. The van der Waals surface area contributed by atoms with E-state index < -0.39 is 29.0 Å².